The van der Waals surface area contributed by atoms with Crippen LogP contribution in [0, 0.1) is 82.5 Å². The Balaban J connectivity index is 0.00000131. The number of likely N-dealkylation sites (N-methyl/N-ethyl adjacent to an activating group) is 1. The molecule has 0 radical (unpaired) electrons. The molecule has 3 rings (SSSR count). The number of aldehydes is 1. The summed E-state index contributed by atoms with van der Waals surface area (Å²) in [6, 6.07) is 0.177. The molecule has 1 unspecified atom stereocenters. The second kappa shape index (κ2) is 40.6. The number of aliphatic hydroxyl groups is 3. The van der Waals surface area contributed by atoms with Crippen molar-refractivity contribution < 1.29 is 125 Å². The second-order valence-corrected chi connectivity index (χ2v) is 14.7. The van der Waals surface area contributed by atoms with Gasteiger partial charge in [-0.3, -0.25) is 4.79 Å². The van der Waals surface area contributed by atoms with Crippen LogP contribution in [-0.2, 0) is 60.5 Å². The van der Waals surface area contributed by atoms with E-state index in [2.05, 4.69) is 14.8 Å². The SMILES string of the molecule is CNC(COCCCO)(COCCC(=O)Oc1cc(F)c(F)c(F)c1F)COCCc1c(F)c(F)c(C)c(F)c1F.COCc1c(F)c(F)c(F)c(F)c1F.NCCOCCOCCOCCOCCC=O.OCO. The molecule has 0 amide bonds. The second-order valence-electron chi connectivity index (χ2n) is 14.7. The minimum atomic E-state index is -2.17. The third kappa shape index (κ3) is 25.8. The molecule has 6 N–H and O–H groups in total. The topological polar surface area (TPSA) is 216 Å². The number of hydrogen-bond acceptors (Lipinski definition) is 16. The Labute approximate surface area is 423 Å². The van der Waals surface area contributed by atoms with Gasteiger partial charge in [0.15, 0.2) is 63.9 Å². The summed E-state index contributed by atoms with van der Waals surface area (Å²) in [6.45, 7) is 3.04. The summed E-state index contributed by atoms with van der Waals surface area (Å²) in [4.78, 5) is 21.9. The summed E-state index contributed by atoms with van der Waals surface area (Å²) in [7, 11) is 2.58. The van der Waals surface area contributed by atoms with E-state index in [1.165, 1.54) is 7.05 Å². The van der Waals surface area contributed by atoms with Crippen molar-refractivity contribution in [1.29, 1.82) is 0 Å². The fraction of sp³-hybridized carbons (Fsp3) is 0.565. The molecule has 0 aliphatic heterocycles. The molecule has 0 spiro atoms. The highest BCUT2D eigenvalue weighted by atomic mass is 19.2. The standard InChI is InChI=1S/C26H29F8NO6.C11H23NO5.C8H5F5O.CH4O2/c1-14-19(28)21(30)15(22(31)20(14)29)4-8-39-12-26(35-2,11-38-7-3-6-36)13-40-9-5-18(37)41-17-10-16(27)23(32)25(34)24(17)33;12-2-5-15-7-9-17-11-10-16-8-6-14-4-1-3-13;1-14-2-3-4(9)6(11)8(13)7(12)5(3)10;2-1-3/h10,35-36H,3-9,11-13H2,1-2H3;3H,1-2,4-12H2;2H2,1H3;2-3H,1H2. The third-order valence-corrected chi connectivity index (χ3v) is 9.27. The number of carbonyl (C=O) groups is 2. The first-order chi connectivity index (χ1) is 35.7. The summed E-state index contributed by atoms with van der Waals surface area (Å²) < 4.78 is 218. The van der Waals surface area contributed by atoms with Gasteiger partial charge in [-0.25, -0.2) is 52.7 Å². The van der Waals surface area contributed by atoms with Crippen molar-refractivity contribution in [1.82, 2.24) is 5.32 Å². The van der Waals surface area contributed by atoms with Crippen LogP contribution >= 0.6 is 0 Å². The molecule has 75 heavy (non-hydrogen) atoms. The number of benzene rings is 3. The zero-order valence-corrected chi connectivity index (χ0v) is 41.0. The van der Waals surface area contributed by atoms with Gasteiger partial charge in [-0.1, -0.05) is 0 Å². The lowest BCUT2D eigenvalue weighted by Crippen LogP contribution is -2.55. The fourth-order valence-corrected chi connectivity index (χ4v) is 5.34. The van der Waals surface area contributed by atoms with E-state index in [0.29, 0.717) is 72.2 Å². The van der Waals surface area contributed by atoms with E-state index in [0.717, 1.165) is 20.3 Å². The maximum atomic E-state index is 14.1. The smallest absolute Gasteiger partial charge is 0.313 e. The number of aliphatic hydroxyl groups excluding tert-OH is 2. The third-order valence-electron chi connectivity index (χ3n) is 9.27. The molecule has 0 aliphatic carbocycles. The predicted octanol–water partition coefficient (Wildman–Crippen LogP) is 5.09. The van der Waals surface area contributed by atoms with Crippen molar-refractivity contribution in [2.24, 2.45) is 5.73 Å². The number of rotatable bonds is 33. The molecule has 0 saturated heterocycles. The number of carbonyl (C=O) groups excluding carboxylic acids is 2. The number of methoxy groups -OCH3 is 1. The van der Waals surface area contributed by atoms with Gasteiger partial charge in [-0.15, -0.1) is 0 Å². The lowest BCUT2D eigenvalue weighted by Gasteiger charge is -2.33. The Kier molecular flexibility index (Phi) is 38.1. The summed E-state index contributed by atoms with van der Waals surface area (Å²) in [5.41, 5.74) is 1.54. The van der Waals surface area contributed by atoms with E-state index >= 15 is 0 Å². The van der Waals surface area contributed by atoms with Crippen molar-refractivity contribution >= 4 is 12.3 Å². The molecule has 29 heteroatoms. The monoisotopic (exact) mass is 1110 g/mol. The van der Waals surface area contributed by atoms with Crippen LogP contribution in [-0.4, -0.2) is 160 Å². The highest BCUT2D eigenvalue weighted by Gasteiger charge is 2.31. The molecule has 16 nitrogen and oxygen atoms in total. The predicted molar refractivity (Wildman–Crippen MR) is 236 cm³/mol. The van der Waals surface area contributed by atoms with E-state index in [-0.39, 0.29) is 52.3 Å². The van der Waals surface area contributed by atoms with Gasteiger partial charge in [0, 0.05) is 56.9 Å². The Bertz CT molecular complexity index is 2060. The van der Waals surface area contributed by atoms with Crippen molar-refractivity contribution in [3.05, 3.63) is 98.4 Å². The zero-order chi connectivity index (χ0) is 56.9. The van der Waals surface area contributed by atoms with E-state index in [1.54, 1.807) is 0 Å². The number of nitrogens with one attached hydrogen (secondary N) is 1. The van der Waals surface area contributed by atoms with E-state index in [9.17, 15) is 66.7 Å². The number of nitrogens with two attached hydrogens (primary N) is 1. The molecule has 3 aromatic rings. The number of hydrogen-bond donors (Lipinski definition) is 5. The van der Waals surface area contributed by atoms with Gasteiger partial charge < -0.3 is 73.8 Å². The molecule has 0 saturated carbocycles. The molecular formula is C46H61F13N2O14. The summed E-state index contributed by atoms with van der Waals surface area (Å²) in [5.74, 6) is -26.0. The minimum absolute atomic E-state index is 0.0796. The van der Waals surface area contributed by atoms with Crippen LogP contribution in [0.4, 0.5) is 57.1 Å². The van der Waals surface area contributed by atoms with Crippen molar-refractivity contribution in [2.75, 3.05) is 127 Å². The van der Waals surface area contributed by atoms with Gasteiger partial charge in [0.2, 0.25) is 17.5 Å². The maximum Gasteiger partial charge on any atom is 0.313 e. The highest BCUT2D eigenvalue weighted by Crippen LogP contribution is 2.27. The molecule has 0 fully saturated rings. The first-order valence-corrected chi connectivity index (χ1v) is 22.3. The van der Waals surface area contributed by atoms with Gasteiger partial charge in [0.25, 0.3) is 0 Å². The molecule has 3 aromatic carbocycles. The largest absolute Gasteiger partial charge is 0.423 e. The molecule has 0 heterocycles. The highest BCUT2D eigenvalue weighted by molar-refractivity contribution is 5.72. The van der Waals surface area contributed by atoms with Crippen LogP contribution in [0.15, 0.2) is 6.07 Å². The van der Waals surface area contributed by atoms with Crippen LogP contribution < -0.4 is 15.8 Å². The Morgan fingerprint density at radius 3 is 1.49 bits per heavy atom. The normalized spacial score (nSPS) is 11.7. The average molecular weight is 1110 g/mol. The Hall–Kier alpha value is -4.63. The molecular weight excluding hydrogens is 1050 g/mol. The summed E-state index contributed by atoms with van der Waals surface area (Å²) in [5, 5.41) is 26.1. The molecule has 430 valence electrons. The van der Waals surface area contributed by atoms with Crippen molar-refractivity contribution in [3.8, 4) is 5.75 Å². The lowest BCUT2D eigenvalue weighted by atomic mass is 10.0. The van der Waals surface area contributed by atoms with Gasteiger partial charge in [-0.05, 0) is 20.4 Å². The van der Waals surface area contributed by atoms with Crippen LogP contribution in [0.25, 0.3) is 0 Å². The van der Waals surface area contributed by atoms with Gasteiger partial charge in [-0.2, -0.15) is 4.39 Å². The number of halogens is 13. The van der Waals surface area contributed by atoms with Gasteiger partial charge >= 0.3 is 5.97 Å². The number of esters is 1. The maximum absolute atomic E-state index is 14.1. The molecule has 0 aromatic heterocycles. The van der Waals surface area contributed by atoms with Crippen LogP contribution in [0.1, 0.15) is 36.0 Å². The molecule has 1 atom stereocenters. The fourth-order valence-electron chi connectivity index (χ4n) is 5.34. The molecule has 0 bridgehead atoms. The Morgan fingerprint density at radius 1 is 0.587 bits per heavy atom. The quantitative estimate of drug-likeness (QED) is 0.00785. The number of ether oxygens (including phenoxy) is 9. The Morgan fingerprint density at radius 2 is 1.03 bits per heavy atom. The minimum Gasteiger partial charge on any atom is -0.423 e. The van der Waals surface area contributed by atoms with E-state index in [1.807, 2.05) is 0 Å². The van der Waals surface area contributed by atoms with Gasteiger partial charge in [0.1, 0.15) is 13.1 Å². The first kappa shape index (κ1) is 70.4. The van der Waals surface area contributed by atoms with Crippen LogP contribution in [0.5, 0.6) is 5.75 Å². The van der Waals surface area contributed by atoms with Crippen LogP contribution in [0.2, 0.25) is 0 Å². The van der Waals surface area contributed by atoms with Crippen molar-refractivity contribution in [2.45, 2.75) is 44.8 Å². The van der Waals surface area contributed by atoms with Crippen molar-refractivity contribution in [3.63, 3.8) is 0 Å². The van der Waals surface area contributed by atoms with Crippen LogP contribution in [0.3, 0.4) is 0 Å². The van der Waals surface area contributed by atoms with E-state index < -0.39 is 136 Å². The summed E-state index contributed by atoms with van der Waals surface area (Å²) in [6.07, 6.45) is 0.547. The molecule has 0 aliphatic rings. The zero-order valence-electron chi connectivity index (χ0n) is 41.0. The average Bonchev–Trinajstić information content (AvgIpc) is 3.40. The van der Waals surface area contributed by atoms with Gasteiger partial charge in [0.05, 0.1) is 110 Å². The van der Waals surface area contributed by atoms with E-state index in [4.69, 9.17) is 54.2 Å². The first-order valence-electron chi connectivity index (χ1n) is 22.3. The lowest BCUT2D eigenvalue weighted by molar-refractivity contribution is -0.136. The summed E-state index contributed by atoms with van der Waals surface area (Å²) >= 11 is 0.